The van der Waals surface area contributed by atoms with E-state index in [1.54, 1.807) is 0 Å². The van der Waals surface area contributed by atoms with Crippen LogP contribution in [0.5, 0.6) is 0 Å². The van der Waals surface area contributed by atoms with Gasteiger partial charge in [-0.1, -0.05) is 0 Å². The highest BCUT2D eigenvalue weighted by molar-refractivity contribution is 7.55. The Labute approximate surface area is 87.9 Å². The highest BCUT2D eigenvalue weighted by Crippen LogP contribution is 2.52. The van der Waals surface area contributed by atoms with Gasteiger partial charge in [-0.05, 0) is 0 Å². The molecule has 0 aliphatic rings. The van der Waals surface area contributed by atoms with Crippen molar-refractivity contribution in [3.05, 3.63) is 11.6 Å². The van der Waals surface area contributed by atoms with Crippen LogP contribution in [-0.4, -0.2) is 27.8 Å². The van der Waals surface area contributed by atoms with Gasteiger partial charge in [-0.2, -0.15) is 30.7 Å². The van der Waals surface area contributed by atoms with Gasteiger partial charge in [0.05, 0.1) is 5.82 Å². The van der Waals surface area contributed by atoms with Crippen LogP contribution in [0.15, 0.2) is 11.6 Å². The van der Waals surface area contributed by atoms with Crippen LogP contribution in [0.25, 0.3) is 0 Å². The molecule has 17 heavy (non-hydrogen) atoms. The number of rotatable bonds is 3. The van der Waals surface area contributed by atoms with E-state index in [1.807, 2.05) is 0 Å². The highest BCUT2D eigenvalue weighted by Gasteiger charge is 2.75. The van der Waals surface area contributed by atoms with Gasteiger partial charge in [-0.3, -0.25) is 4.57 Å². The molecule has 0 saturated heterocycles. The van der Waals surface area contributed by atoms with Gasteiger partial charge in [-0.25, -0.2) is 4.39 Å². The Morgan fingerprint density at radius 2 is 1.35 bits per heavy atom. The monoisotopic (exact) mass is 294 g/mol. The Kier molecular flexibility index (Phi) is 4.05. The molecular weight excluding hydrogens is 291 g/mol. The quantitative estimate of drug-likeness (QED) is 0.621. The SMILES string of the molecule is O=P(O)(O)/C=C(\F)C(F)(F)C(F)(F)C(F)(F)F. The van der Waals surface area contributed by atoms with Crippen molar-refractivity contribution < 1.29 is 49.5 Å². The molecule has 102 valence electrons. The van der Waals surface area contributed by atoms with E-state index in [-0.39, 0.29) is 0 Å². The second kappa shape index (κ2) is 4.21. The Morgan fingerprint density at radius 1 is 1.00 bits per heavy atom. The first-order chi connectivity index (χ1) is 7.13. The number of allylic oxidation sites excluding steroid dienone is 1. The van der Waals surface area contributed by atoms with Crippen LogP contribution < -0.4 is 0 Å². The largest absolute Gasteiger partial charge is 0.460 e. The van der Waals surface area contributed by atoms with Gasteiger partial charge in [0.1, 0.15) is 0 Å². The third-order valence-corrected chi connectivity index (χ3v) is 1.89. The molecule has 0 aromatic carbocycles. The number of hydrogen-bond acceptors (Lipinski definition) is 1. The first-order valence-electron chi connectivity index (χ1n) is 3.39. The summed E-state index contributed by atoms with van der Waals surface area (Å²) < 4.78 is 106. The molecular formula is C5H3F8O3P. The molecule has 0 atom stereocenters. The van der Waals surface area contributed by atoms with Crippen molar-refractivity contribution in [1.82, 2.24) is 0 Å². The first kappa shape index (κ1) is 16.3. The summed E-state index contributed by atoms with van der Waals surface area (Å²) >= 11 is 0. The molecule has 3 nitrogen and oxygen atoms in total. The Balaban J connectivity index is 5.58. The van der Waals surface area contributed by atoms with Crippen molar-refractivity contribution in [2.75, 3.05) is 0 Å². The third kappa shape index (κ3) is 3.39. The van der Waals surface area contributed by atoms with E-state index in [2.05, 4.69) is 0 Å². The predicted molar refractivity (Wildman–Crippen MR) is 37.2 cm³/mol. The van der Waals surface area contributed by atoms with Crippen LogP contribution in [0.3, 0.4) is 0 Å². The van der Waals surface area contributed by atoms with Crippen LogP contribution in [0.4, 0.5) is 35.1 Å². The summed E-state index contributed by atoms with van der Waals surface area (Å²) in [5, 5.41) is 0. The van der Waals surface area contributed by atoms with E-state index in [0.717, 1.165) is 0 Å². The lowest BCUT2D eigenvalue weighted by atomic mass is 10.1. The molecule has 12 heteroatoms. The first-order valence-corrected chi connectivity index (χ1v) is 5.07. The topological polar surface area (TPSA) is 57.5 Å². The summed E-state index contributed by atoms with van der Waals surface area (Å²) in [5.74, 6) is -18.1. The fraction of sp³-hybridized carbons (Fsp3) is 0.600. The van der Waals surface area contributed by atoms with Crippen molar-refractivity contribution >= 4 is 7.60 Å². The molecule has 0 rings (SSSR count). The van der Waals surface area contributed by atoms with Crippen LogP contribution in [0.1, 0.15) is 0 Å². The summed E-state index contributed by atoms with van der Waals surface area (Å²) in [6, 6.07) is 0. The average molecular weight is 294 g/mol. The van der Waals surface area contributed by atoms with Crippen molar-refractivity contribution in [2.45, 2.75) is 18.0 Å². The molecule has 0 spiro atoms. The molecule has 0 aliphatic heterocycles. The smallest absolute Gasteiger partial charge is 0.321 e. The number of halogens is 8. The summed E-state index contributed by atoms with van der Waals surface area (Å²) in [5.41, 5.74) is 0. The van der Waals surface area contributed by atoms with Gasteiger partial charge < -0.3 is 9.79 Å². The fourth-order valence-corrected chi connectivity index (χ4v) is 1.01. The van der Waals surface area contributed by atoms with Gasteiger partial charge in [0.15, 0.2) is 5.83 Å². The van der Waals surface area contributed by atoms with E-state index in [4.69, 9.17) is 9.79 Å². The van der Waals surface area contributed by atoms with Crippen molar-refractivity contribution in [2.24, 2.45) is 0 Å². The van der Waals surface area contributed by atoms with Crippen LogP contribution in [-0.2, 0) is 4.57 Å². The second-order valence-corrected chi connectivity index (χ2v) is 4.15. The maximum absolute atomic E-state index is 12.4. The molecule has 0 unspecified atom stereocenters. The number of alkyl halides is 7. The van der Waals surface area contributed by atoms with Crippen molar-refractivity contribution in [3.63, 3.8) is 0 Å². The summed E-state index contributed by atoms with van der Waals surface area (Å²) in [7, 11) is -5.66. The van der Waals surface area contributed by atoms with E-state index in [0.29, 0.717) is 0 Å². The lowest BCUT2D eigenvalue weighted by Gasteiger charge is -2.26. The van der Waals surface area contributed by atoms with Crippen LogP contribution >= 0.6 is 7.60 Å². The maximum atomic E-state index is 12.4. The molecule has 2 N–H and O–H groups in total. The summed E-state index contributed by atoms with van der Waals surface area (Å²) in [6.07, 6.45) is -6.78. The van der Waals surface area contributed by atoms with Crippen LogP contribution in [0.2, 0.25) is 0 Å². The molecule has 0 aromatic rings. The average Bonchev–Trinajstić information content (AvgIpc) is 1.97. The van der Waals surface area contributed by atoms with Gasteiger partial charge in [0.2, 0.25) is 0 Å². The fourth-order valence-electron chi connectivity index (χ4n) is 0.557. The minimum atomic E-state index is -6.80. The molecule has 0 saturated carbocycles. The highest BCUT2D eigenvalue weighted by atomic mass is 31.2. The second-order valence-electron chi connectivity index (χ2n) is 2.71. The van der Waals surface area contributed by atoms with Gasteiger partial charge >= 0.3 is 25.6 Å². The minimum absolute atomic E-state index is 1.30. The van der Waals surface area contributed by atoms with E-state index < -0.39 is 37.3 Å². The van der Waals surface area contributed by atoms with Gasteiger partial charge in [0, 0.05) is 0 Å². The Bertz CT molecular complexity index is 366. The van der Waals surface area contributed by atoms with E-state index >= 15 is 0 Å². The maximum Gasteiger partial charge on any atom is 0.460 e. The normalized spacial score (nSPS) is 16.2. The lowest BCUT2D eigenvalue weighted by Crippen LogP contribution is -2.52. The molecule has 0 heterocycles. The third-order valence-electron chi connectivity index (χ3n) is 1.33. The van der Waals surface area contributed by atoms with Crippen molar-refractivity contribution in [3.8, 4) is 0 Å². The Morgan fingerprint density at radius 3 is 1.59 bits per heavy atom. The Hall–Kier alpha value is -0.670. The molecule has 0 aliphatic carbocycles. The zero-order valence-electron chi connectivity index (χ0n) is 7.35. The zero-order valence-corrected chi connectivity index (χ0v) is 8.25. The van der Waals surface area contributed by atoms with E-state index in [9.17, 15) is 39.7 Å². The molecule has 0 fully saturated rings. The standard InChI is InChI=1S/C5H3F8O3P/c6-2(1-17(14,15)16)3(7,8)4(9,10)5(11,12)13/h1H,(H2,14,15,16)/b2-1-. The van der Waals surface area contributed by atoms with Crippen LogP contribution in [0, 0.1) is 0 Å². The zero-order chi connectivity index (χ0) is 14.3. The van der Waals surface area contributed by atoms with Gasteiger partial charge in [0.25, 0.3) is 0 Å². The number of hydrogen-bond donors (Lipinski definition) is 2. The summed E-state index contributed by atoms with van der Waals surface area (Å²) in [4.78, 5) is 15.9. The molecule has 0 amide bonds. The minimum Gasteiger partial charge on any atom is -0.321 e. The van der Waals surface area contributed by atoms with Crippen molar-refractivity contribution in [1.29, 1.82) is 0 Å². The molecule has 0 aromatic heterocycles. The predicted octanol–water partition coefficient (Wildman–Crippen LogP) is 2.81. The van der Waals surface area contributed by atoms with Gasteiger partial charge in [-0.15, -0.1) is 0 Å². The van der Waals surface area contributed by atoms with E-state index in [1.165, 1.54) is 0 Å². The summed E-state index contributed by atoms with van der Waals surface area (Å²) in [6.45, 7) is 0. The molecule has 0 bridgehead atoms. The molecule has 0 radical (unpaired) electrons. The lowest BCUT2D eigenvalue weighted by molar-refractivity contribution is -0.347.